The Morgan fingerprint density at radius 1 is 0.621 bits per heavy atom. The normalized spacial score (nSPS) is 14.4. The molecule has 0 radical (unpaired) electrons. The summed E-state index contributed by atoms with van der Waals surface area (Å²) in [5, 5.41) is 10.5. The summed E-state index contributed by atoms with van der Waals surface area (Å²) in [4.78, 5) is 4.76. The van der Waals surface area contributed by atoms with Crippen LogP contribution in [0.3, 0.4) is 0 Å². The standard InChI is InChI=1S/C26H19NO2/c28-24-18-10-7-15-21(24)25-27-23-17-9-8-16-22(23)26(29-25,19-11-3-1-4-12-19)20-13-5-2-6-14-20/h1-18,28H. The van der Waals surface area contributed by atoms with Crippen molar-refractivity contribution < 1.29 is 9.84 Å². The van der Waals surface area contributed by atoms with Crippen LogP contribution in [0.25, 0.3) is 0 Å². The third kappa shape index (κ3) is 2.79. The van der Waals surface area contributed by atoms with Crippen molar-refractivity contribution in [3.8, 4) is 5.75 Å². The Balaban J connectivity index is 1.84. The predicted octanol–water partition coefficient (Wildman–Crippen LogP) is 5.79. The van der Waals surface area contributed by atoms with E-state index in [1.807, 2.05) is 66.7 Å². The molecule has 0 saturated heterocycles. The first-order chi connectivity index (χ1) is 14.3. The van der Waals surface area contributed by atoms with Crippen molar-refractivity contribution in [3.05, 3.63) is 131 Å². The third-order valence-corrected chi connectivity index (χ3v) is 5.25. The smallest absolute Gasteiger partial charge is 0.226 e. The monoisotopic (exact) mass is 377 g/mol. The first-order valence-corrected chi connectivity index (χ1v) is 9.56. The number of hydrogen-bond acceptors (Lipinski definition) is 3. The van der Waals surface area contributed by atoms with Gasteiger partial charge in [0, 0.05) is 16.7 Å². The molecule has 1 N–H and O–H groups in total. The van der Waals surface area contributed by atoms with Gasteiger partial charge in [-0.1, -0.05) is 91.0 Å². The lowest BCUT2D eigenvalue weighted by atomic mass is 9.78. The van der Waals surface area contributed by atoms with Gasteiger partial charge < -0.3 is 9.84 Å². The van der Waals surface area contributed by atoms with Crippen LogP contribution in [0.2, 0.25) is 0 Å². The van der Waals surface area contributed by atoms with Crippen molar-refractivity contribution in [3.63, 3.8) is 0 Å². The summed E-state index contributed by atoms with van der Waals surface area (Å²) in [5.41, 5.74) is 3.49. The van der Waals surface area contributed by atoms with Gasteiger partial charge in [0.25, 0.3) is 0 Å². The van der Waals surface area contributed by atoms with E-state index in [-0.39, 0.29) is 5.75 Å². The van der Waals surface area contributed by atoms with Gasteiger partial charge in [0.05, 0.1) is 11.3 Å². The topological polar surface area (TPSA) is 41.8 Å². The first kappa shape index (κ1) is 17.3. The molecule has 0 spiro atoms. The molecule has 3 heteroatoms. The molecule has 0 amide bonds. The van der Waals surface area contributed by atoms with Crippen LogP contribution in [0.1, 0.15) is 22.3 Å². The molecule has 140 valence electrons. The fraction of sp³-hybridized carbons (Fsp3) is 0.0385. The second-order valence-corrected chi connectivity index (χ2v) is 6.97. The van der Waals surface area contributed by atoms with Crippen LogP contribution in [-0.4, -0.2) is 11.0 Å². The molecule has 4 aromatic carbocycles. The average molecular weight is 377 g/mol. The second-order valence-electron chi connectivity index (χ2n) is 6.97. The molecular formula is C26H19NO2. The summed E-state index contributed by atoms with van der Waals surface area (Å²) in [6.45, 7) is 0. The number of rotatable bonds is 3. The quantitative estimate of drug-likeness (QED) is 0.491. The number of para-hydroxylation sites is 2. The van der Waals surface area contributed by atoms with E-state index in [4.69, 9.17) is 9.73 Å². The minimum atomic E-state index is -0.877. The molecule has 0 aromatic heterocycles. The van der Waals surface area contributed by atoms with Gasteiger partial charge in [-0.2, -0.15) is 0 Å². The predicted molar refractivity (Wildman–Crippen MR) is 115 cm³/mol. The minimum absolute atomic E-state index is 0.139. The summed E-state index contributed by atoms with van der Waals surface area (Å²) in [7, 11) is 0. The van der Waals surface area contributed by atoms with Crippen LogP contribution in [0, 0.1) is 0 Å². The Morgan fingerprint density at radius 2 is 1.17 bits per heavy atom. The maximum atomic E-state index is 10.5. The fourth-order valence-electron chi connectivity index (χ4n) is 3.91. The lowest BCUT2D eigenvalue weighted by Crippen LogP contribution is -2.37. The minimum Gasteiger partial charge on any atom is -0.507 e. The van der Waals surface area contributed by atoms with Crippen molar-refractivity contribution in [2.45, 2.75) is 5.60 Å². The van der Waals surface area contributed by atoms with Gasteiger partial charge >= 0.3 is 0 Å². The highest BCUT2D eigenvalue weighted by Crippen LogP contribution is 2.48. The number of hydrogen-bond donors (Lipinski definition) is 1. The van der Waals surface area contributed by atoms with Gasteiger partial charge in [-0.15, -0.1) is 0 Å². The average Bonchev–Trinajstić information content (AvgIpc) is 2.80. The summed E-state index contributed by atoms with van der Waals surface area (Å²) in [6, 6.07) is 35.4. The zero-order valence-corrected chi connectivity index (χ0v) is 15.7. The molecule has 0 saturated carbocycles. The highest BCUT2D eigenvalue weighted by molar-refractivity contribution is 6.00. The molecule has 1 aliphatic rings. The van der Waals surface area contributed by atoms with Gasteiger partial charge in [0.15, 0.2) is 5.60 Å². The molecule has 3 nitrogen and oxygen atoms in total. The fourth-order valence-corrected chi connectivity index (χ4v) is 3.91. The molecule has 1 aliphatic heterocycles. The van der Waals surface area contributed by atoms with Crippen molar-refractivity contribution in [1.29, 1.82) is 0 Å². The molecule has 0 bridgehead atoms. The molecule has 5 rings (SSSR count). The van der Waals surface area contributed by atoms with E-state index in [0.29, 0.717) is 11.5 Å². The molecule has 1 heterocycles. The van der Waals surface area contributed by atoms with Crippen LogP contribution in [0.5, 0.6) is 5.75 Å². The molecule has 0 fully saturated rings. The Labute approximate surface area is 169 Å². The van der Waals surface area contributed by atoms with Crippen LogP contribution in [0.4, 0.5) is 5.69 Å². The number of phenols is 1. The van der Waals surface area contributed by atoms with Crippen LogP contribution in [0.15, 0.2) is 114 Å². The lowest BCUT2D eigenvalue weighted by molar-refractivity contribution is 0.137. The number of aliphatic imine (C=N–C) groups is 1. The van der Waals surface area contributed by atoms with E-state index in [9.17, 15) is 5.11 Å². The number of fused-ring (bicyclic) bond motifs is 1. The largest absolute Gasteiger partial charge is 0.507 e. The number of benzene rings is 4. The maximum Gasteiger partial charge on any atom is 0.226 e. The molecular weight excluding hydrogens is 358 g/mol. The van der Waals surface area contributed by atoms with E-state index in [2.05, 4.69) is 30.3 Å². The summed E-state index contributed by atoms with van der Waals surface area (Å²) in [5.74, 6) is 0.537. The van der Waals surface area contributed by atoms with Crippen LogP contribution < -0.4 is 0 Å². The van der Waals surface area contributed by atoms with Crippen molar-refractivity contribution in [1.82, 2.24) is 0 Å². The molecule has 0 atom stereocenters. The molecule has 4 aromatic rings. The van der Waals surface area contributed by atoms with Gasteiger partial charge in [-0.25, -0.2) is 4.99 Å². The molecule has 0 unspecified atom stereocenters. The Bertz CT molecular complexity index is 1140. The van der Waals surface area contributed by atoms with Crippen molar-refractivity contribution in [2.75, 3.05) is 0 Å². The molecule has 29 heavy (non-hydrogen) atoms. The summed E-state index contributed by atoms with van der Waals surface area (Å²) < 4.78 is 6.73. The summed E-state index contributed by atoms with van der Waals surface area (Å²) >= 11 is 0. The lowest BCUT2D eigenvalue weighted by Gasteiger charge is -2.39. The van der Waals surface area contributed by atoms with E-state index in [1.165, 1.54) is 0 Å². The van der Waals surface area contributed by atoms with E-state index < -0.39 is 5.60 Å². The Kier molecular flexibility index (Phi) is 4.14. The second kappa shape index (κ2) is 6.95. The number of ether oxygens (including phenoxy) is 1. The molecule has 0 aliphatic carbocycles. The number of aromatic hydroxyl groups is 1. The van der Waals surface area contributed by atoms with E-state index in [0.717, 1.165) is 22.4 Å². The SMILES string of the molecule is Oc1ccccc1C1=Nc2ccccc2C(c2ccccc2)(c2ccccc2)O1. The highest BCUT2D eigenvalue weighted by Gasteiger charge is 2.44. The highest BCUT2D eigenvalue weighted by atomic mass is 16.5. The number of phenolic OH excluding ortho intramolecular Hbond substituents is 1. The van der Waals surface area contributed by atoms with E-state index >= 15 is 0 Å². The van der Waals surface area contributed by atoms with Gasteiger partial charge in [-0.05, 0) is 18.2 Å². The van der Waals surface area contributed by atoms with Crippen LogP contribution >= 0.6 is 0 Å². The van der Waals surface area contributed by atoms with Crippen molar-refractivity contribution >= 4 is 11.6 Å². The van der Waals surface area contributed by atoms with Gasteiger partial charge in [0.1, 0.15) is 5.75 Å². The first-order valence-electron chi connectivity index (χ1n) is 9.56. The van der Waals surface area contributed by atoms with Crippen molar-refractivity contribution in [2.24, 2.45) is 4.99 Å². The third-order valence-electron chi connectivity index (χ3n) is 5.25. The van der Waals surface area contributed by atoms with Gasteiger partial charge in [0.2, 0.25) is 5.90 Å². The number of nitrogens with zero attached hydrogens (tertiary/aromatic N) is 1. The Morgan fingerprint density at radius 3 is 1.83 bits per heavy atom. The summed E-state index contributed by atoms with van der Waals surface area (Å²) in [6.07, 6.45) is 0. The zero-order valence-electron chi connectivity index (χ0n) is 15.7. The van der Waals surface area contributed by atoms with Gasteiger partial charge in [-0.3, -0.25) is 0 Å². The Hall–Kier alpha value is -3.85. The zero-order chi connectivity index (χ0) is 19.7. The maximum absolute atomic E-state index is 10.5. The van der Waals surface area contributed by atoms with E-state index in [1.54, 1.807) is 12.1 Å². The van der Waals surface area contributed by atoms with Crippen LogP contribution in [-0.2, 0) is 10.3 Å².